The van der Waals surface area contributed by atoms with E-state index in [2.05, 4.69) is 12.1 Å². The number of benzene rings is 2. The van der Waals surface area contributed by atoms with Gasteiger partial charge in [-0.05, 0) is 55.6 Å². The first-order chi connectivity index (χ1) is 26.7. The van der Waals surface area contributed by atoms with Crippen molar-refractivity contribution in [2.45, 2.75) is 132 Å². The fraction of sp³-hybridized carbons (Fsp3) is 0.548. The van der Waals surface area contributed by atoms with E-state index in [9.17, 15) is 44.4 Å². The molecular weight excluding hydrogens is 728 g/mol. The van der Waals surface area contributed by atoms with Gasteiger partial charge >= 0.3 is 29.8 Å². The molecule has 2 aromatic carbocycles. The number of allylic oxidation sites excluding steroid dienone is 1. The van der Waals surface area contributed by atoms with Gasteiger partial charge in [0.05, 0.1) is 7.11 Å². The summed E-state index contributed by atoms with van der Waals surface area (Å²) >= 11 is 0. The van der Waals surface area contributed by atoms with Crippen LogP contribution in [0.1, 0.15) is 95.6 Å². The Labute approximate surface area is 326 Å². The Morgan fingerprint density at radius 1 is 0.875 bits per heavy atom. The molecule has 0 aromatic heterocycles. The third-order valence-corrected chi connectivity index (χ3v) is 10.6. The lowest BCUT2D eigenvalue weighted by Gasteiger charge is -2.49. The number of rotatable bonds is 22. The van der Waals surface area contributed by atoms with Crippen molar-refractivity contribution in [3.05, 3.63) is 77.9 Å². The van der Waals surface area contributed by atoms with Crippen LogP contribution in [0.5, 0.6) is 0 Å². The monoisotopic (exact) mass is 782 g/mol. The Morgan fingerprint density at radius 3 is 2.11 bits per heavy atom. The average Bonchev–Trinajstić information content (AvgIpc) is 3.38. The number of fused-ring (bicyclic) bond motifs is 2. The van der Waals surface area contributed by atoms with Crippen LogP contribution >= 0.6 is 0 Å². The minimum atomic E-state index is -3.72. The summed E-state index contributed by atoms with van der Waals surface area (Å²) in [5.41, 5.74) is -4.89. The fourth-order valence-electron chi connectivity index (χ4n) is 7.55. The summed E-state index contributed by atoms with van der Waals surface area (Å²) in [6.45, 7) is 3.13. The average molecular weight is 783 g/mol. The molecule has 0 aliphatic carbocycles. The summed E-state index contributed by atoms with van der Waals surface area (Å²) in [4.78, 5) is 64.2. The second-order valence-electron chi connectivity index (χ2n) is 14.6. The van der Waals surface area contributed by atoms with Crippen molar-refractivity contribution < 1.29 is 68.1 Å². The number of carboxylic acids is 2. The maximum atomic E-state index is 13.2. The lowest BCUT2D eigenvalue weighted by atomic mass is 9.74. The van der Waals surface area contributed by atoms with E-state index in [4.69, 9.17) is 23.7 Å². The first kappa shape index (κ1) is 44.1. The van der Waals surface area contributed by atoms with Gasteiger partial charge in [0.25, 0.3) is 0 Å². The predicted molar refractivity (Wildman–Crippen MR) is 201 cm³/mol. The van der Waals surface area contributed by atoms with Gasteiger partial charge in [-0.2, -0.15) is 0 Å². The number of aliphatic hydroxyl groups excluding tert-OH is 1. The Kier molecular flexibility index (Phi) is 15.7. The van der Waals surface area contributed by atoms with Crippen LogP contribution < -0.4 is 0 Å². The smallest absolute Gasteiger partial charge is 0.344 e. The summed E-state index contributed by atoms with van der Waals surface area (Å²) in [6, 6.07) is 19.7. The summed E-state index contributed by atoms with van der Waals surface area (Å²) < 4.78 is 27.4. The van der Waals surface area contributed by atoms with Gasteiger partial charge in [0.15, 0.2) is 6.10 Å². The Bertz CT molecular complexity index is 1660. The number of ether oxygens (including phenoxy) is 5. The van der Waals surface area contributed by atoms with E-state index in [0.29, 0.717) is 19.3 Å². The molecule has 2 heterocycles. The fourth-order valence-corrected chi connectivity index (χ4v) is 7.55. The van der Waals surface area contributed by atoms with Gasteiger partial charge in [-0.15, -0.1) is 0 Å². The predicted octanol–water partition coefficient (Wildman–Crippen LogP) is 5.01. The molecule has 2 aliphatic heterocycles. The number of hydrogen-bond donors (Lipinski definition) is 4. The standard InChI is InChI=1S/C42H54O14/c1-28(18-16-24-31-22-13-9-14-23-31)32(53-29(2)43)25-17-27-40-34(45)35(42(56-40,39(49)50)41(51,38(47)48)36(55-40)37(46)52-3)54-33(44)26-15-7-5-4-6-10-19-30-20-11-8-12-21-30/h8-9,11-14,16,20-24,28,32,34-36,45,51H,4-7,10,15,17-19,25-27H2,1-3H3,(H,47,48)(H,49,50)/b24-16+/t28?,32?,34-,35-,36?,40?,41?,42?/m1/s1. The van der Waals surface area contributed by atoms with Gasteiger partial charge in [-0.25, -0.2) is 14.4 Å². The lowest BCUT2D eigenvalue weighted by molar-refractivity contribution is -0.374. The number of aryl methyl sites for hydroxylation is 1. The molecule has 4 N–H and O–H groups in total. The first-order valence-electron chi connectivity index (χ1n) is 19.2. The maximum absolute atomic E-state index is 13.2. The van der Waals surface area contributed by atoms with Crippen molar-refractivity contribution in [1.29, 1.82) is 0 Å². The number of aliphatic hydroxyl groups is 2. The van der Waals surface area contributed by atoms with Crippen LogP contribution in [-0.2, 0) is 54.1 Å². The van der Waals surface area contributed by atoms with E-state index in [1.165, 1.54) is 12.5 Å². The number of esters is 3. The molecule has 4 rings (SSSR count). The molecule has 2 saturated heterocycles. The van der Waals surface area contributed by atoms with Crippen LogP contribution in [-0.4, -0.2) is 98.8 Å². The summed E-state index contributed by atoms with van der Waals surface area (Å²) in [7, 11) is 0.875. The van der Waals surface area contributed by atoms with Gasteiger partial charge in [0, 0.05) is 19.8 Å². The Balaban J connectivity index is 1.48. The molecule has 14 heteroatoms. The normalized spacial score (nSPS) is 26.6. The first-order valence-corrected chi connectivity index (χ1v) is 19.2. The van der Waals surface area contributed by atoms with E-state index in [-0.39, 0.29) is 25.2 Å². The highest BCUT2D eigenvalue weighted by molar-refractivity contribution is 5.98. The summed E-state index contributed by atoms with van der Waals surface area (Å²) in [6.07, 6.45) is 1.96. The minimum Gasteiger partial charge on any atom is -0.479 e. The van der Waals surface area contributed by atoms with E-state index >= 15 is 0 Å². The van der Waals surface area contributed by atoms with Crippen molar-refractivity contribution >= 4 is 35.9 Å². The van der Waals surface area contributed by atoms with E-state index in [1.54, 1.807) is 0 Å². The van der Waals surface area contributed by atoms with E-state index in [0.717, 1.165) is 44.8 Å². The Hall–Kier alpha value is -4.63. The Morgan fingerprint density at radius 2 is 1.50 bits per heavy atom. The second kappa shape index (κ2) is 20.0. The number of carbonyl (C=O) groups excluding carboxylic acids is 3. The zero-order valence-corrected chi connectivity index (χ0v) is 32.2. The van der Waals surface area contributed by atoms with Gasteiger partial charge in [-0.1, -0.05) is 105 Å². The molecule has 2 bridgehead atoms. The van der Waals surface area contributed by atoms with Crippen molar-refractivity contribution in [3.8, 4) is 0 Å². The lowest BCUT2D eigenvalue weighted by Crippen LogP contribution is -2.78. The largest absolute Gasteiger partial charge is 0.479 e. The number of carboxylic acid groups (broad SMARTS) is 2. The van der Waals surface area contributed by atoms with Crippen LogP contribution in [0, 0.1) is 5.92 Å². The van der Waals surface area contributed by atoms with Gasteiger partial charge in [0.1, 0.15) is 12.2 Å². The quantitative estimate of drug-likeness (QED) is 0.0703. The van der Waals surface area contributed by atoms with Crippen molar-refractivity contribution in [2.75, 3.05) is 7.11 Å². The van der Waals surface area contributed by atoms with Crippen LogP contribution in [0.3, 0.4) is 0 Å². The molecule has 2 aromatic rings. The molecule has 306 valence electrons. The van der Waals surface area contributed by atoms with Gasteiger partial charge in [0.2, 0.25) is 23.1 Å². The molecule has 0 amide bonds. The van der Waals surface area contributed by atoms with E-state index < -0.39 is 77.7 Å². The molecule has 6 unspecified atom stereocenters. The highest BCUT2D eigenvalue weighted by Crippen LogP contribution is 2.56. The van der Waals surface area contributed by atoms with Crippen LogP contribution in [0.4, 0.5) is 0 Å². The minimum absolute atomic E-state index is 0.0167. The number of methoxy groups -OCH3 is 1. The molecule has 56 heavy (non-hydrogen) atoms. The van der Waals surface area contributed by atoms with Crippen LogP contribution in [0.2, 0.25) is 0 Å². The zero-order valence-electron chi connectivity index (χ0n) is 32.2. The van der Waals surface area contributed by atoms with Crippen molar-refractivity contribution in [3.63, 3.8) is 0 Å². The highest BCUT2D eigenvalue weighted by Gasteiger charge is 2.86. The third-order valence-electron chi connectivity index (χ3n) is 10.6. The number of carbonyl (C=O) groups is 5. The molecule has 0 radical (unpaired) electrons. The van der Waals surface area contributed by atoms with Gasteiger partial charge in [-0.3, -0.25) is 9.59 Å². The van der Waals surface area contributed by atoms with Gasteiger partial charge < -0.3 is 44.1 Å². The molecular formula is C42H54O14. The zero-order chi connectivity index (χ0) is 40.9. The molecule has 0 saturated carbocycles. The number of unbranched alkanes of at least 4 members (excludes halogenated alkanes) is 5. The maximum Gasteiger partial charge on any atom is 0.344 e. The second-order valence-corrected chi connectivity index (χ2v) is 14.6. The SMILES string of the molecule is COC(=O)C1OC2(CCCC(OC(C)=O)C(C)C/C=C/c3ccccc3)OC(C(=O)O)([C@H](OC(=O)CCCCCCCCc3ccccc3)[C@H]2O)C1(O)C(=O)O. The van der Waals surface area contributed by atoms with Crippen molar-refractivity contribution in [2.24, 2.45) is 5.92 Å². The summed E-state index contributed by atoms with van der Waals surface area (Å²) in [5.74, 6) is -10.0. The highest BCUT2D eigenvalue weighted by atomic mass is 16.8. The van der Waals surface area contributed by atoms with Crippen LogP contribution in [0.15, 0.2) is 66.7 Å². The molecule has 14 nitrogen and oxygen atoms in total. The third kappa shape index (κ3) is 10.0. The summed E-state index contributed by atoms with van der Waals surface area (Å²) in [5, 5.41) is 44.3. The topological polar surface area (TPSA) is 212 Å². The molecule has 8 atom stereocenters. The van der Waals surface area contributed by atoms with Crippen molar-refractivity contribution in [1.82, 2.24) is 0 Å². The van der Waals surface area contributed by atoms with E-state index in [1.807, 2.05) is 67.6 Å². The van der Waals surface area contributed by atoms with Crippen LogP contribution in [0.25, 0.3) is 6.08 Å². The molecule has 0 spiro atoms. The number of hydrogen-bond acceptors (Lipinski definition) is 12. The molecule has 2 aliphatic rings. The number of aliphatic carboxylic acids is 2. The molecule has 2 fully saturated rings.